The zero-order valence-corrected chi connectivity index (χ0v) is 15.2. The fourth-order valence-electron chi connectivity index (χ4n) is 3.46. The fraction of sp³-hybridized carbons (Fsp3) is 0.500. The molecule has 9 heteroatoms. The van der Waals surface area contributed by atoms with E-state index < -0.39 is 18.0 Å². The van der Waals surface area contributed by atoms with Gasteiger partial charge < -0.3 is 25.5 Å². The predicted molar refractivity (Wildman–Crippen MR) is 95.1 cm³/mol. The molecule has 1 aromatic heterocycles. The van der Waals surface area contributed by atoms with Crippen molar-refractivity contribution in [2.75, 3.05) is 26.2 Å². The van der Waals surface area contributed by atoms with Gasteiger partial charge in [-0.3, -0.25) is 9.69 Å². The van der Waals surface area contributed by atoms with E-state index in [1.807, 2.05) is 0 Å². The summed E-state index contributed by atoms with van der Waals surface area (Å²) in [4.78, 5) is 38.2. The molecule has 2 aliphatic rings. The van der Waals surface area contributed by atoms with Crippen molar-refractivity contribution in [3.05, 3.63) is 35.4 Å². The van der Waals surface area contributed by atoms with Crippen LogP contribution in [0.5, 0.6) is 0 Å². The third-order valence-electron chi connectivity index (χ3n) is 4.85. The highest BCUT2D eigenvalue weighted by atomic mass is 16.5. The van der Waals surface area contributed by atoms with E-state index >= 15 is 0 Å². The van der Waals surface area contributed by atoms with Gasteiger partial charge >= 0.3 is 12.0 Å². The van der Waals surface area contributed by atoms with Crippen LogP contribution in [0.3, 0.4) is 0 Å². The van der Waals surface area contributed by atoms with Gasteiger partial charge in [0.2, 0.25) is 5.91 Å². The maximum atomic E-state index is 12.6. The largest absolute Gasteiger partial charge is 0.467 e. The molecule has 0 aromatic carbocycles. The Balaban J connectivity index is 1.85. The molecule has 0 radical (unpaired) electrons. The van der Waals surface area contributed by atoms with Crippen LogP contribution >= 0.6 is 0 Å². The van der Waals surface area contributed by atoms with E-state index in [2.05, 4.69) is 15.5 Å². The summed E-state index contributed by atoms with van der Waals surface area (Å²) in [7, 11) is 0. The number of carbonyl (C=O) groups excluding carboxylic acids is 3. The standard InChI is InChI=1S/C18H24N4O5/c1-2-26-17(24)14-12(10-22-7-5-11(6-8-22)16(19)23)20-18(25)21-15(14)13-4-3-9-27-13/h3-4,9,11,15H,2,5-8,10H2,1H3,(H2,19,23)(H2,20,21,25)/t15-/m1/s1. The Morgan fingerprint density at radius 1 is 1.37 bits per heavy atom. The van der Waals surface area contributed by atoms with Gasteiger partial charge in [0, 0.05) is 18.2 Å². The number of nitrogens with zero attached hydrogens (tertiary/aromatic N) is 1. The first kappa shape index (κ1) is 19.0. The summed E-state index contributed by atoms with van der Waals surface area (Å²) in [5.74, 6) is -0.460. The highest BCUT2D eigenvalue weighted by molar-refractivity contribution is 5.95. The number of piperidine rings is 1. The molecule has 2 aliphatic heterocycles. The van der Waals surface area contributed by atoms with Crippen molar-refractivity contribution in [1.29, 1.82) is 0 Å². The summed E-state index contributed by atoms with van der Waals surface area (Å²) in [5.41, 5.74) is 6.18. The number of ether oxygens (including phenoxy) is 1. The number of esters is 1. The van der Waals surface area contributed by atoms with Gasteiger partial charge in [-0.2, -0.15) is 0 Å². The molecule has 4 N–H and O–H groups in total. The number of hydrogen-bond donors (Lipinski definition) is 3. The lowest BCUT2D eigenvalue weighted by molar-refractivity contribution is -0.139. The first-order chi connectivity index (χ1) is 13.0. The molecule has 0 unspecified atom stereocenters. The summed E-state index contributed by atoms with van der Waals surface area (Å²) in [6, 6.07) is 2.27. The zero-order valence-electron chi connectivity index (χ0n) is 15.2. The van der Waals surface area contributed by atoms with Crippen molar-refractivity contribution < 1.29 is 23.5 Å². The van der Waals surface area contributed by atoms with E-state index in [-0.39, 0.29) is 18.4 Å². The minimum Gasteiger partial charge on any atom is -0.467 e. The second kappa shape index (κ2) is 8.26. The number of carbonyl (C=O) groups is 3. The second-order valence-corrected chi connectivity index (χ2v) is 6.61. The van der Waals surface area contributed by atoms with Crippen LogP contribution in [0.15, 0.2) is 34.1 Å². The highest BCUT2D eigenvalue weighted by Gasteiger charge is 2.36. The molecule has 1 saturated heterocycles. The molecule has 3 rings (SSSR count). The smallest absolute Gasteiger partial charge is 0.338 e. The van der Waals surface area contributed by atoms with Crippen LogP contribution in [0.25, 0.3) is 0 Å². The van der Waals surface area contributed by atoms with Crippen LogP contribution in [-0.4, -0.2) is 49.0 Å². The SMILES string of the molecule is CCOC(=O)C1=C(CN2CCC(C(N)=O)CC2)NC(=O)N[C@@H]1c1ccco1. The second-order valence-electron chi connectivity index (χ2n) is 6.61. The molecular formula is C18H24N4O5. The third kappa shape index (κ3) is 4.30. The van der Waals surface area contributed by atoms with E-state index in [0.717, 1.165) is 0 Å². The first-order valence-electron chi connectivity index (χ1n) is 9.02. The van der Waals surface area contributed by atoms with Crippen LogP contribution in [-0.2, 0) is 14.3 Å². The quantitative estimate of drug-likeness (QED) is 0.626. The van der Waals surface area contributed by atoms with Crippen LogP contribution in [0, 0.1) is 5.92 Å². The van der Waals surface area contributed by atoms with Crippen LogP contribution < -0.4 is 16.4 Å². The molecule has 146 valence electrons. The zero-order chi connectivity index (χ0) is 19.4. The van der Waals surface area contributed by atoms with Gasteiger partial charge in [0.1, 0.15) is 11.8 Å². The number of amides is 3. The Bertz CT molecular complexity index is 735. The molecule has 0 saturated carbocycles. The minimum absolute atomic E-state index is 0.127. The van der Waals surface area contributed by atoms with Crippen molar-refractivity contribution in [3.8, 4) is 0 Å². The number of hydrogen-bond acceptors (Lipinski definition) is 6. The van der Waals surface area contributed by atoms with E-state index in [4.69, 9.17) is 14.9 Å². The fourth-order valence-corrected chi connectivity index (χ4v) is 3.46. The van der Waals surface area contributed by atoms with Gasteiger partial charge in [0.05, 0.1) is 18.4 Å². The summed E-state index contributed by atoms with van der Waals surface area (Å²) in [6.07, 6.45) is 2.80. The Morgan fingerprint density at radius 3 is 2.70 bits per heavy atom. The van der Waals surface area contributed by atoms with Crippen molar-refractivity contribution >= 4 is 17.9 Å². The molecule has 3 amide bonds. The minimum atomic E-state index is -0.717. The molecule has 0 bridgehead atoms. The molecule has 1 aromatic rings. The van der Waals surface area contributed by atoms with Crippen molar-refractivity contribution in [1.82, 2.24) is 15.5 Å². The number of likely N-dealkylation sites (tertiary alicyclic amines) is 1. The van der Waals surface area contributed by atoms with E-state index in [1.54, 1.807) is 19.1 Å². The average molecular weight is 376 g/mol. The van der Waals surface area contributed by atoms with Gasteiger partial charge in [-0.15, -0.1) is 0 Å². The summed E-state index contributed by atoms with van der Waals surface area (Å²) < 4.78 is 10.6. The first-order valence-corrected chi connectivity index (χ1v) is 9.02. The summed E-state index contributed by atoms with van der Waals surface area (Å²) in [6.45, 7) is 3.62. The van der Waals surface area contributed by atoms with Gasteiger partial charge in [-0.1, -0.05) is 0 Å². The molecule has 1 atom stereocenters. The number of primary amides is 1. The summed E-state index contributed by atoms with van der Waals surface area (Å²) >= 11 is 0. The van der Waals surface area contributed by atoms with E-state index in [0.29, 0.717) is 49.5 Å². The van der Waals surface area contributed by atoms with Crippen LogP contribution in [0.4, 0.5) is 4.79 Å². The Labute approximate surface area is 156 Å². The van der Waals surface area contributed by atoms with Gasteiger partial charge in [0.15, 0.2) is 0 Å². The normalized spacial score (nSPS) is 21.5. The Hall–Kier alpha value is -2.81. The average Bonchev–Trinajstić information content (AvgIpc) is 3.16. The van der Waals surface area contributed by atoms with Crippen molar-refractivity contribution in [2.45, 2.75) is 25.8 Å². The van der Waals surface area contributed by atoms with Gasteiger partial charge in [-0.25, -0.2) is 9.59 Å². The number of rotatable bonds is 6. The number of nitrogens with one attached hydrogen (secondary N) is 2. The lowest BCUT2D eigenvalue weighted by Crippen LogP contribution is -2.49. The topological polar surface area (TPSA) is 127 Å². The Morgan fingerprint density at radius 2 is 2.11 bits per heavy atom. The number of nitrogens with two attached hydrogens (primary N) is 1. The van der Waals surface area contributed by atoms with E-state index in [9.17, 15) is 14.4 Å². The van der Waals surface area contributed by atoms with Crippen molar-refractivity contribution in [3.63, 3.8) is 0 Å². The van der Waals surface area contributed by atoms with Gasteiger partial charge in [-0.05, 0) is 45.0 Å². The third-order valence-corrected chi connectivity index (χ3v) is 4.85. The molecule has 0 spiro atoms. The molecule has 9 nitrogen and oxygen atoms in total. The highest BCUT2D eigenvalue weighted by Crippen LogP contribution is 2.29. The monoisotopic (exact) mass is 376 g/mol. The Kier molecular flexibility index (Phi) is 5.80. The molecular weight excluding hydrogens is 352 g/mol. The predicted octanol–water partition coefficient (Wildman–Crippen LogP) is 0.648. The van der Waals surface area contributed by atoms with Crippen LogP contribution in [0.1, 0.15) is 31.6 Å². The molecule has 0 aliphatic carbocycles. The summed E-state index contributed by atoms with van der Waals surface area (Å²) in [5, 5.41) is 5.45. The van der Waals surface area contributed by atoms with Crippen molar-refractivity contribution in [2.24, 2.45) is 11.7 Å². The van der Waals surface area contributed by atoms with E-state index in [1.165, 1.54) is 6.26 Å². The number of furan rings is 1. The molecule has 1 fully saturated rings. The van der Waals surface area contributed by atoms with Crippen LogP contribution in [0.2, 0.25) is 0 Å². The van der Waals surface area contributed by atoms with Gasteiger partial charge in [0.25, 0.3) is 0 Å². The molecule has 3 heterocycles. The number of urea groups is 1. The maximum Gasteiger partial charge on any atom is 0.338 e. The lowest BCUT2D eigenvalue weighted by atomic mass is 9.95. The molecule has 27 heavy (non-hydrogen) atoms. The maximum absolute atomic E-state index is 12.6. The lowest BCUT2D eigenvalue weighted by Gasteiger charge is -2.34.